The minimum Gasteiger partial charge on any atom is -0.271 e. The van der Waals surface area contributed by atoms with E-state index in [0.717, 1.165) is 11.7 Å². The van der Waals surface area contributed by atoms with Crippen molar-refractivity contribution in [3.05, 3.63) is 0 Å². The molecule has 0 radical (unpaired) electrons. The number of hydrazine groups is 1. The van der Waals surface area contributed by atoms with Gasteiger partial charge >= 0.3 is 0 Å². The molecule has 2 nitrogen and oxygen atoms in total. The molecule has 1 atom stereocenters. The first kappa shape index (κ1) is 13.3. The van der Waals surface area contributed by atoms with Crippen LogP contribution in [0, 0.1) is 5.92 Å². The van der Waals surface area contributed by atoms with Gasteiger partial charge in [-0.1, -0.05) is 33.6 Å². The van der Waals surface area contributed by atoms with E-state index in [9.17, 15) is 0 Å². The number of nitrogens with two attached hydrogens (primary N) is 1. The van der Waals surface area contributed by atoms with Crippen LogP contribution in [0.3, 0.4) is 0 Å². The van der Waals surface area contributed by atoms with Gasteiger partial charge in [0.1, 0.15) is 0 Å². The molecule has 0 heterocycles. The van der Waals surface area contributed by atoms with Crippen molar-refractivity contribution in [2.45, 2.75) is 46.1 Å². The van der Waals surface area contributed by atoms with Gasteiger partial charge in [0.2, 0.25) is 0 Å². The topological polar surface area (TPSA) is 38.0 Å². The summed E-state index contributed by atoms with van der Waals surface area (Å²) in [6.45, 7) is 6.71. The van der Waals surface area contributed by atoms with Gasteiger partial charge in [-0.2, -0.15) is 11.8 Å². The first-order valence-electron chi connectivity index (χ1n) is 5.32. The standard InChI is InChI=1S/C10H24N2S/c1-4-9(5-2)7-10(12-11)8-13-6-3/h9-10,12H,4-8,11H2,1-3H3. The van der Waals surface area contributed by atoms with Crippen LogP contribution in [0.1, 0.15) is 40.0 Å². The maximum absolute atomic E-state index is 5.51. The fourth-order valence-corrected chi connectivity index (χ4v) is 2.22. The normalized spacial score (nSPS) is 13.6. The van der Waals surface area contributed by atoms with Crippen molar-refractivity contribution in [2.24, 2.45) is 11.8 Å². The predicted octanol–water partition coefficient (Wildman–Crippen LogP) is 2.40. The van der Waals surface area contributed by atoms with Crippen LogP contribution >= 0.6 is 11.8 Å². The molecular weight excluding hydrogens is 180 g/mol. The molecule has 0 aromatic heterocycles. The summed E-state index contributed by atoms with van der Waals surface area (Å²) in [6.07, 6.45) is 3.76. The van der Waals surface area contributed by atoms with Gasteiger partial charge in [0.25, 0.3) is 0 Å². The summed E-state index contributed by atoms with van der Waals surface area (Å²) in [7, 11) is 0. The van der Waals surface area contributed by atoms with Crippen LogP contribution in [-0.2, 0) is 0 Å². The quantitative estimate of drug-likeness (QED) is 0.471. The van der Waals surface area contributed by atoms with E-state index in [1.54, 1.807) is 0 Å². The summed E-state index contributed by atoms with van der Waals surface area (Å²) in [4.78, 5) is 0. The van der Waals surface area contributed by atoms with Gasteiger partial charge in [0.05, 0.1) is 0 Å². The van der Waals surface area contributed by atoms with Crippen molar-refractivity contribution in [3.8, 4) is 0 Å². The number of hydrogen-bond donors (Lipinski definition) is 2. The maximum Gasteiger partial charge on any atom is 0.0303 e. The predicted molar refractivity (Wildman–Crippen MR) is 62.8 cm³/mol. The zero-order chi connectivity index (χ0) is 10.1. The molecule has 0 spiro atoms. The fourth-order valence-electron chi connectivity index (χ4n) is 1.47. The van der Waals surface area contributed by atoms with Gasteiger partial charge in [-0.25, -0.2) is 0 Å². The zero-order valence-electron chi connectivity index (χ0n) is 9.18. The van der Waals surface area contributed by atoms with Crippen LogP contribution in [0.2, 0.25) is 0 Å². The number of thioether (sulfide) groups is 1. The number of rotatable bonds is 8. The van der Waals surface area contributed by atoms with E-state index in [-0.39, 0.29) is 0 Å². The third kappa shape index (κ3) is 6.36. The van der Waals surface area contributed by atoms with E-state index < -0.39 is 0 Å². The lowest BCUT2D eigenvalue weighted by molar-refractivity contribution is 0.387. The summed E-state index contributed by atoms with van der Waals surface area (Å²) < 4.78 is 0. The van der Waals surface area contributed by atoms with E-state index in [2.05, 4.69) is 26.2 Å². The van der Waals surface area contributed by atoms with Crippen molar-refractivity contribution >= 4 is 11.8 Å². The Hall–Kier alpha value is 0.270. The molecule has 0 aliphatic carbocycles. The van der Waals surface area contributed by atoms with Crippen LogP contribution in [0.15, 0.2) is 0 Å². The Morgan fingerprint density at radius 2 is 1.85 bits per heavy atom. The monoisotopic (exact) mass is 204 g/mol. The molecule has 13 heavy (non-hydrogen) atoms. The van der Waals surface area contributed by atoms with E-state index in [1.807, 2.05) is 11.8 Å². The largest absolute Gasteiger partial charge is 0.271 e. The summed E-state index contributed by atoms with van der Waals surface area (Å²) >= 11 is 1.96. The van der Waals surface area contributed by atoms with E-state index in [4.69, 9.17) is 5.84 Å². The van der Waals surface area contributed by atoms with Crippen LogP contribution in [0.4, 0.5) is 0 Å². The van der Waals surface area contributed by atoms with Gasteiger partial charge in [-0.3, -0.25) is 11.3 Å². The van der Waals surface area contributed by atoms with Crippen LogP contribution in [0.25, 0.3) is 0 Å². The smallest absolute Gasteiger partial charge is 0.0303 e. The highest BCUT2D eigenvalue weighted by molar-refractivity contribution is 7.99. The Labute approximate surface area is 87.0 Å². The lowest BCUT2D eigenvalue weighted by atomic mass is 9.96. The molecule has 0 bridgehead atoms. The molecule has 0 rings (SSSR count). The van der Waals surface area contributed by atoms with E-state index >= 15 is 0 Å². The summed E-state index contributed by atoms with van der Waals surface area (Å²) in [5.41, 5.74) is 2.92. The molecule has 80 valence electrons. The summed E-state index contributed by atoms with van der Waals surface area (Å²) in [5, 5.41) is 0. The van der Waals surface area contributed by atoms with Gasteiger partial charge in [0, 0.05) is 11.8 Å². The molecule has 0 aromatic rings. The van der Waals surface area contributed by atoms with E-state index in [0.29, 0.717) is 6.04 Å². The zero-order valence-corrected chi connectivity index (χ0v) is 9.99. The van der Waals surface area contributed by atoms with Crippen molar-refractivity contribution in [3.63, 3.8) is 0 Å². The molecule has 1 unspecified atom stereocenters. The first-order chi connectivity index (χ1) is 6.28. The Morgan fingerprint density at radius 1 is 1.23 bits per heavy atom. The third-order valence-electron chi connectivity index (χ3n) is 2.53. The summed E-state index contributed by atoms with van der Waals surface area (Å²) in [5.74, 6) is 8.66. The highest BCUT2D eigenvalue weighted by Gasteiger charge is 2.12. The average Bonchev–Trinajstić information content (AvgIpc) is 2.19. The van der Waals surface area contributed by atoms with Gasteiger partial charge < -0.3 is 0 Å². The Balaban J connectivity index is 3.67. The first-order valence-corrected chi connectivity index (χ1v) is 6.47. The van der Waals surface area contributed by atoms with Gasteiger partial charge in [-0.15, -0.1) is 0 Å². The SMILES string of the molecule is CCSCC(CC(CC)CC)NN. The molecule has 0 aromatic carbocycles. The van der Waals surface area contributed by atoms with Crippen molar-refractivity contribution in [1.82, 2.24) is 5.43 Å². The van der Waals surface area contributed by atoms with Crippen LogP contribution in [0.5, 0.6) is 0 Å². The Kier molecular flexibility index (Phi) is 9.03. The van der Waals surface area contributed by atoms with Crippen LogP contribution in [-0.4, -0.2) is 17.5 Å². The van der Waals surface area contributed by atoms with Crippen molar-refractivity contribution in [2.75, 3.05) is 11.5 Å². The minimum absolute atomic E-state index is 0.495. The maximum atomic E-state index is 5.51. The second kappa shape index (κ2) is 8.85. The van der Waals surface area contributed by atoms with Gasteiger partial charge in [0.15, 0.2) is 0 Å². The Bertz CT molecular complexity index is 105. The molecule has 0 aliphatic heterocycles. The Morgan fingerprint density at radius 3 is 2.23 bits per heavy atom. The molecule has 0 amide bonds. The fraction of sp³-hybridized carbons (Fsp3) is 1.00. The highest BCUT2D eigenvalue weighted by atomic mass is 32.2. The highest BCUT2D eigenvalue weighted by Crippen LogP contribution is 2.16. The second-order valence-electron chi connectivity index (χ2n) is 3.44. The minimum atomic E-state index is 0.495. The molecule has 3 N–H and O–H groups in total. The van der Waals surface area contributed by atoms with Crippen molar-refractivity contribution < 1.29 is 0 Å². The molecule has 0 fully saturated rings. The van der Waals surface area contributed by atoms with Crippen molar-refractivity contribution in [1.29, 1.82) is 0 Å². The lowest BCUT2D eigenvalue weighted by Gasteiger charge is -2.20. The van der Waals surface area contributed by atoms with Gasteiger partial charge in [-0.05, 0) is 18.1 Å². The molecular formula is C10H24N2S. The summed E-state index contributed by atoms with van der Waals surface area (Å²) in [6, 6.07) is 0.495. The van der Waals surface area contributed by atoms with E-state index in [1.165, 1.54) is 25.0 Å². The molecule has 0 saturated carbocycles. The third-order valence-corrected chi connectivity index (χ3v) is 3.58. The van der Waals surface area contributed by atoms with Crippen LogP contribution < -0.4 is 11.3 Å². The molecule has 3 heteroatoms. The number of hydrogen-bond acceptors (Lipinski definition) is 3. The number of nitrogens with one attached hydrogen (secondary N) is 1. The second-order valence-corrected chi connectivity index (χ2v) is 4.76. The molecule has 0 aliphatic rings. The average molecular weight is 204 g/mol. The lowest BCUT2D eigenvalue weighted by Crippen LogP contribution is -2.38. The molecule has 0 saturated heterocycles.